The molecule has 0 bridgehead atoms. The minimum absolute atomic E-state index is 0.150. The molecule has 8 nitrogen and oxygen atoms in total. The van der Waals surface area contributed by atoms with Crippen molar-refractivity contribution >= 4 is 28.8 Å². The van der Waals surface area contributed by atoms with Crippen molar-refractivity contribution in [3.05, 3.63) is 53.2 Å². The average Bonchev–Trinajstić information content (AvgIpc) is 3.20. The molecular weight excluding hydrogens is 446 g/mol. The van der Waals surface area contributed by atoms with Crippen molar-refractivity contribution < 1.29 is 24.2 Å². The first-order valence-corrected chi connectivity index (χ1v) is 12.1. The van der Waals surface area contributed by atoms with E-state index in [2.05, 4.69) is 27.7 Å². The van der Waals surface area contributed by atoms with E-state index in [1.165, 1.54) is 5.56 Å². The predicted molar refractivity (Wildman–Crippen MR) is 136 cm³/mol. The summed E-state index contributed by atoms with van der Waals surface area (Å²) in [6, 6.07) is 11.9. The molecule has 0 radical (unpaired) electrons. The fraction of sp³-hybridized carbons (Fsp3) is 0.407. The summed E-state index contributed by atoms with van der Waals surface area (Å²) in [4.78, 5) is 26.3. The van der Waals surface area contributed by atoms with Crippen LogP contribution in [0.2, 0.25) is 0 Å². The van der Waals surface area contributed by atoms with Crippen LogP contribution in [-0.4, -0.2) is 55.7 Å². The first kappa shape index (κ1) is 24.6. The summed E-state index contributed by atoms with van der Waals surface area (Å²) in [6.07, 6.45) is 3.02. The molecule has 0 unspecified atom stereocenters. The Labute approximate surface area is 205 Å². The topological polar surface area (TPSA) is 100 Å². The minimum Gasteiger partial charge on any atom is -0.493 e. The van der Waals surface area contributed by atoms with Gasteiger partial charge in [0.25, 0.3) is 5.91 Å². The molecule has 0 atom stereocenters. The number of carbonyl (C=O) groups is 2. The number of ether oxygens (including phenoxy) is 2. The van der Waals surface area contributed by atoms with Gasteiger partial charge in [0.1, 0.15) is 0 Å². The number of carboxylic acids is 1. The second-order valence-corrected chi connectivity index (χ2v) is 8.94. The first-order valence-electron chi connectivity index (χ1n) is 12.1. The van der Waals surface area contributed by atoms with Crippen molar-refractivity contribution in [2.24, 2.45) is 5.92 Å². The number of rotatable bonds is 9. The minimum atomic E-state index is -0.674. The molecule has 2 aliphatic heterocycles. The highest BCUT2D eigenvalue weighted by Crippen LogP contribution is 2.42. The second-order valence-electron chi connectivity index (χ2n) is 8.94. The third kappa shape index (κ3) is 5.43. The van der Waals surface area contributed by atoms with Gasteiger partial charge in [-0.2, -0.15) is 0 Å². The standard InChI is InChI=1S/C27H33N3O5/c1-4-21(25-20-15-23(34-2)24(35-3)16-22(20)29-26(25)31)28-19-7-5-17(6-8-19)9-12-30-13-10-18(11-14-30)27(32)33/h5-8,15-16,18,28H,4,9-14H2,1-3H3,(H,29,31)(H,32,33). The summed E-state index contributed by atoms with van der Waals surface area (Å²) in [7, 11) is 3.15. The van der Waals surface area contributed by atoms with Gasteiger partial charge < -0.3 is 30.1 Å². The number of methoxy groups -OCH3 is 2. The number of piperidine rings is 1. The molecule has 1 fully saturated rings. The maximum absolute atomic E-state index is 12.8. The van der Waals surface area contributed by atoms with Crippen LogP contribution in [0.15, 0.2) is 42.1 Å². The molecule has 0 aromatic heterocycles. The molecule has 2 heterocycles. The van der Waals surface area contributed by atoms with Crippen molar-refractivity contribution in [2.45, 2.75) is 32.6 Å². The van der Waals surface area contributed by atoms with Crippen LogP contribution in [0.5, 0.6) is 11.5 Å². The molecule has 0 saturated carbocycles. The Morgan fingerprint density at radius 2 is 1.77 bits per heavy atom. The molecule has 3 N–H and O–H groups in total. The Morgan fingerprint density at radius 1 is 1.11 bits per heavy atom. The third-order valence-electron chi connectivity index (χ3n) is 6.83. The fourth-order valence-electron chi connectivity index (χ4n) is 4.74. The number of benzene rings is 2. The molecule has 2 aromatic carbocycles. The van der Waals surface area contributed by atoms with Crippen molar-refractivity contribution in [1.82, 2.24) is 4.90 Å². The average molecular weight is 480 g/mol. The van der Waals surface area contributed by atoms with Crippen molar-refractivity contribution in [1.29, 1.82) is 0 Å². The quantitative estimate of drug-likeness (QED) is 0.463. The lowest BCUT2D eigenvalue weighted by Gasteiger charge is -2.29. The Morgan fingerprint density at radius 3 is 2.37 bits per heavy atom. The van der Waals surface area contributed by atoms with E-state index in [1.807, 2.05) is 25.1 Å². The van der Waals surface area contributed by atoms with Crippen LogP contribution in [0.3, 0.4) is 0 Å². The van der Waals surface area contributed by atoms with Gasteiger partial charge in [-0.3, -0.25) is 9.59 Å². The second kappa shape index (κ2) is 10.8. The number of hydrogen-bond donors (Lipinski definition) is 3. The van der Waals surface area contributed by atoms with E-state index in [4.69, 9.17) is 14.6 Å². The number of carbonyl (C=O) groups excluding carboxylic acids is 1. The van der Waals surface area contributed by atoms with Gasteiger partial charge in [-0.05, 0) is 62.5 Å². The van der Waals surface area contributed by atoms with E-state index >= 15 is 0 Å². The number of nitrogens with zero attached hydrogens (tertiary/aromatic N) is 1. The molecule has 0 spiro atoms. The number of anilines is 2. The zero-order chi connectivity index (χ0) is 24.9. The Kier molecular flexibility index (Phi) is 7.60. The lowest BCUT2D eigenvalue weighted by Crippen LogP contribution is -2.37. The summed E-state index contributed by atoms with van der Waals surface area (Å²) in [5.74, 6) is 0.123. The molecule has 8 heteroatoms. The number of aliphatic carboxylic acids is 1. The van der Waals surface area contributed by atoms with Crippen LogP contribution >= 0.6 is 0 Å². The lowest BCUT2D eigenvalue weighted by atomic mass is 9.97. The number of amides is 1. The zero-order valence-corrected chi connectivity index (χ0v) is 20.5. The summed E-state index contributed by atoms with van der Waals surface area (Å²) in [5, 5.41) is 15.5. The number of likely N-dealkylation sites (tertiary alicyclic amines) is 1. The van der Waals surface area contributed by atoms with E-state index in [1.54, 1.807) is 20.3 Å². The van der Waals surface area contributed by atoms with E-state index in [-0.39, 0.29) is 11.8 Å². The van der Waals surface area contributed by atoms with Gasteiger partial charge in [0.2, 0.25) is 0 Å². The summed E-state index contributed by atoms with van der Waals surface area (Å²) in [5.41, 5.74) is 5.09. The molecule has 1 amide bonds. The van der Waals surface area contributed by atoms with Crippen LogP contribution < -0.4 is 20.1 Å². The normalized spacial score (nSPS) is 17.5. The van der Waals surface area contributed by atoms with E-state index in [0.29, 0.717) is 29.2 Å². The van der Waals surface area contributed by atoms with Gasteiger partial charge in [-0.1, -0.05) is 19.1 Å². The first-order chi connectivity index (χ1) is 16.9. The van der Waals surface area contributed by atoms with Gasteiger partial charge >= 0.3 is 5.97 Å². The van der Waals surface area contributed by atoms with Crippen LogP contribution in [0, 0.1) is 5.92 Å². The van der Waals surface area contributed by atoms with Gasteiger partial charge in [0.05, 0.1) is 31.4 Å². The highest BCUT2D eigenvalue weighted by atomic mass is 16.5. The number of nitrogens with one attached hydrogen (secondary N) is 2. The Balaban J connectivity index is 1.44. The summed E-state index contributed by atoms with van der Waals surface area (Å²) < 4.78 is 10.8. The molecule has 186 valence electrons. The van der Waals surface area contributed by atoms with Gasteiger partial charge in [0, 0.05) is 29.6 Å². The number of allylic oxidation sites excluding steroid dienone is 1. The van der Waals surface area contributed by atoms with E-state index in [9.17, 15) is 9.59 Å². The van der Waals surface area contributed by atoms with Crippen molar-refractivity contribution in [2.75, 3.05) is 44.5 Å². The predicted octanol–water partition coefficient (Wildman–Crippen LogP) is 4.23. The Bertz CT molecular complexity index is 1120. The van der Waals surface area contributed by atoms with Crippen molar-refractivity contribution in [3.63, 3.8) is 0 Å². The SMILES string of the molecule is CCC(Nc1ccc(CCN2CCC(C(=O)O)CC2)cc1)=C1C(=O)Nc2cc(OC)c(OC)cc21. The van der Waals surface area contributed by atoms with Gasteiger partial charge in [-0.25, -0.2) is 0 Å². The maximum atomic E-state index is 12.8. The molecule has 2 aromatic rings. The smallest absolute Gasteiger partial charge is 0.306 e. The molecule has 35 heavy (non-hydrogen) atoms. The largest absolute Gasteiger partial charge is 0.493 e. The van der Waals surface area contributed by atoms with Crippen molar-refractivity contribution in [3.8, 4) is 11.5 Å². The molecular formula is C27H33N3O5. The highest BCUT2D eigenvalue weighted by molar-refractivity contribution is 6.32. The summed E-state index contributed by atoms with van der Waals surface area (Å²) >= 11 is 0. The number of carboxylic acid groups (broad SMARTS) is 1. The van der Waals surface area contributed by atoms with E-state index < -0.39 is 5.97 Å². The monoisotopic (exact) mass is 479 g/mol. The maximum Gasteiger partial charge on any atom is 0.306 e. The molecule has 4 rings (SSSR count). The van der Waals surface area contributed by atoms with Gasteiger partial charge in [-0.15, -0.1) is 0 Å². The zero-order valence-electron chi connectivity index (χ0n) is 20.5. The molecule has 2 aliphatic rings. The number of fused-ring (bicyclic) bond motifs is 1. The van der Waals surface area contributed by atoms with Crippen LogP contribution in [-0.2, 0) is 16.0 Å². The molecule has 0 aliphatic carbocycles. The fourth-order valence-corrected chi connectivity index (χ4v) is 4.74. The van der Waals surface area contributed by atoms with Crippen LogP contribution in [0.25, 0.3) is 5.57 Å². The molecule has 1 saturated heterocycles. The Hall–Kier alpha value is -3.52. The highest BCUT2D eigenvalue weighted by Gasteiger charge is 2.29. The van der Waals surface area contributed by atoms with Crippen LogP contribution in [0.4, 0.5) is 11.4 Å². The third-order valence-corrected chi connectivity index (χ3v) is 6.83. The number of hydrogen-bond acceptors (Lipinski definition) is 6. The van der Waals surface area contributed by atoms with Crippen LogP contribution in [0.1, 0.15) is 37.3 Å². The van der Waals surface area contributed by atoms with E-state index in [0.717, 1.165) is 55.8 Å². The summed E-state index contributed by atoms with van der Waals surface area (Å²) in [6.45, 7) is 4.61. The van der Waals surface area contributed by atoms with Gasteiger partial charge in [0.15, 0.2) is 11.5 Å². The lowest BCUT2D eigenvalue weighted by molar-refractivity contribution is -0.143.